The lowest BCUT2D eigenvalue weighted by molar-refractivity contribution is -0.151. The van der Waals surface area contributed by atoms with E-state index in [4.69, 9.17) is 15.2 Å². The second-order valence-corrected chi connectivity index (χ2v) is 4.78. The maximum Gasteiger partial charge on any atom is 0.325 e. The van der Waals surface area contributed by atoms with Crippen molar-refractivity contribution in [2.24, 2.45) is 5.73 Å². The Morgan fingerprint density at radius 2 is 1.93 bits per heavy atom. The van der Waals surface area contributed by atoms with Gasteiger partial charge in [0.25, 0.3) is 0 Å². The van der Waals surface area contributed by atoms with Gasteiger partial charge < -0.3 is 15.2 Å². The minimum Gasteiger partial charge on any atom is -0.468 e. The largest absolute Gasteiger partial charge is 0.468 e. The van der Waals surface area contributed by atoms with Crippen LogP contribution in [0.15, 0.2) is 0 Å². The molecule has 0 aromatic carbocycles. The quantitative estimate of drug-likeness (QED) is 0.659. The van der Waals surface area contributed by atoms with E-state index < -0.39 is 5.54 Å². The second-order valence-electron chi connectivity index (χ2n) is 4.78. The van der Waals surface area contributed by atoms with E-state index in [0.717, 1.165) is 32.3 Å². The number of carbonyl (C=O) groups excluding carboxylic acids is 1. The zero-order chi connectivity index (χ0) is 10.9. The van der Waals surface area contributed by atoms with Crippen molar-refractivity contribution < 1.29 is 14.3 Å². The van der Waals surface area contributed by atoms with Gasteiger partial charge in [0.2, 0.25) is 0 Å². The molecule has 1 aliphatic carbocycles. The fraction of sp³-hybridized carbons (Fsp3) is 0.909. The van der Waals surface area contributed by atoms with E-state index in [1.54, 1.807) is 0 Å². The highest BCUT2D eigenvalue weighted by molar-refractivity contribution is 5.80. The first-order valence-electron chi connectivity index (χ1n) is 5.62. The summed E-state index contributed by atoms with van der Waals surface area (Å²) in [5.41, 5.74) is 5.29. The maximum atomic E-state index is 11.5. The van der Waals surface area contributed by atoms with Crippen LogP contribution in [0.4, 0.5) is 0 Å². The molecule has 0 radical (unpaired) electrons. The van der Waals surface area contributed by atoms with Crippen LogP contribution in [0.1, 0.15) is 38.5 Å². The van der Waals surface area contributed by atoms with Crippen LogP contribution in [-0.2, 0) is 14.3 Å². The van der Waals surface area contributed by atoms with E-state index in [-0.39, 0.29) is 11.6 Å². The summed E-state index contributed by atoms with van der Waals surface area (Å²) >= 11 is 0. The van der Waals surface area contributed by atoms with Crippen LogP contribution in [0, 0.1) is 0 Å². The van der Waals surface area contributed by atoms with Crippen LogP contribution in [0.2, 0.25) is 0 Å². The van der Waals surface area contributed by atoms with Gasteiger partial charge in [-0.15, -0.1) is 0 Å². The molecule has 1 aliphatic heterocycles. The van der Waals surface area contributed by atoms with Crippen LogP contribution in [-0.4, -0.2) is 30.8 Å². The standard InChI is InChI=1S/C11H19NO3/c1-14-9(13)11(12)6-4-10(5-7-11)3-2-8-15-10/h2-8,12H2,1H3. The number of hydrogen-bond acceptors (Lipinski definition) is 4. The predicted molar refractivity (Wildman–Crippen MR) is 55.3 cm³/mol. The molecule has 15 heavy (non-hydrogen) atoms. The minimum atomic E-state index is -0.772. The summed E-state index contributed by atoms with van der Waals surface area (Å²) in [5, 5.41) is 0. The number of hydrogen-bond donors (Lipinski definition) is 1. The first kappa shape index (κ1) is 10.9. The third-order valence-electron chi connectivity index (χ3n) is 3.83. The molecule has 2 N–H and O–H groups in total. The van der Waals surface area contributed by atoms with Gasteiger partial charge in [-0.05, 0) is 38.5 Å². The fourth-order valence-electron chi connectivity index (χ4n) is 2.71. The molecule has 1 spiro atoms. The first-order valence-corrected chi connectivity index (χ1v) is 5.62. The van der Waals surface area contributed by atoms with Gasteiger partial charge in [0, 0.05) is 6.61 Å². The molecule has 86 valence electrons. The summed E-state index contributed by atoms with van der Waals surface area (Å²) in [4.78, 5) is 11.5. The predicted octanol–water partition coefficient (Wildman–Crippen LogP) is 0.980. The Kier molecular flexibility index (Phi) is 2.73. The monoisotopic (exact) mass is 213 g/mol. The third-order valence-corrected chi connectivity index (χ3v) is 3.83. The highest BCUT2D eigenvalue weighted by Gasteiger charge is 2.47. The average Bonchev–Trinajstić information content (AvgIpc) is 2.71. The zero-order valence-electron chi connectivity index (χ0n) is 9.25. The molecule has 0 bridgehead atoms. The maximum absolute atomic E-state index is 11.5. The van der Waals surface area contributed by atoms with Gasteiger partial charge in [0.05, 0.1) is 12.7 Å². The van der Waals surface area contributed by atoms with Gasteiger partial charge in [-0.25, -0.2) is 0 Å². The number of methoxy groups -OCH3 is 1. The second kappa shape index (κ2) is 3.76. The number of nitrogens with two attached hydrogens (primary N) is 1. The number of esters is 1. The Morgan fingerprint density at radius 3 is 2.40 bits per heavy atom. The van der Waals surface area contributed by atoms with Crippen LogP contribution < -0.4 is 5.73 Å². The molecule has 0 aromatic rings. The SMILES string of the molecule is COC(=O)C1(N)CCC2(CCCO2)CC1. The van der Waals surface area contributed by atoms with Crippen LogP contribution in [0.5, 0.6) is 0 Å². The Morgan fingerprint density at radius 1 is 1.27 bits per heavy atom. The van der Waals surface area contributed by atoms with Crippen molar-refractivity contribution >= 4 is 5.97 Å². The summed E-state index contributed by atoms with van der Waals surface area (Å²) in [6.07, 6.45) is 5.39. The summed E-state index contributed by atoms with van der Waals surface area (Å²) in [5.74, 6) is -0.282. The van der Waals surface area contributed by atoms with Crippen LogP contribution >= 0.6 is 0 Å². The van der Waals surface area contributed by atoms with Crippen molar-refractivity contribution in [2.45, 2.75) is 49.7 Å². The van der Waals surface area contributed by atoms with E-state index in [0.29, 0.717) is 12.8 Å². The van der Waals surface area contributed by atoms with E-state index in [9.17, 15) is 4.79 Å². The molecular formula is C11H19NO3. The molecule has 0 aromatic heterocycles. The molecule has 1 saturated heterocycles. The van der Waals surface area contributed by atoms with Crippen molar-refractivity contribution in [1.82, 2.24) is 0 Å². The van der Waals surface area contributed by atoms with E-state index in [1.807, 2.05) is 0 Å². The topological polar surface area (TPSA) is 61.5 Å². The summed E-state index contributed by atoms with van der Waals surface area (Å²) in [6.45, 7) is 0.857. The van der Waals surface area contributed by atoms with Crippen molar-refractivity contribution in [2.75, 3.05) is 13.7 Å². The van der Waals surface area contributed by atoms with E-state index in [2.05, 4.69) is 0 Å². The molecule has 4 heteroatoms. The summed E-state index contributed by atoms with van der Waals surface area (Å²) in [6, 6.07) is 0. The fourth-order valence-corrected chi connectivity index (χ4v) is 2.71. The van der Waals surface area contributed by atoms with Gasteiger partial charge in [0.15, 0.2) is 0 Å². The lowest BCUT2D eigenvalue weighted by Crippen LogP contribution is -2.54. The average molecular weight is 213 g/mol. The van der Waals surface area contributed by atoms with Gasteiger partial charge in [-0.2, -0.15) is 0 Å². The molecule has 2 fully saturated rings. The first-order chi connectivity index (χ1) is 7.10. The lowest BCUT2D eigenvalue weighted by atomic mass is 9.73. The van der Waals surface area contributed by atoms with Gasteiger partial charge >= 0.3 is 5.97 Å². The molecule has 1 saturated carbocycles. The zero-order valence-corrected chi connectivity index (χ0v) is 9.25. The molecule has 0 unspecified atom stereocenters. The highest BCUT2D eigenvalue weighted by Crippen LogP contribution is 2.42. The third kappa shape index (κ3) is 1.88. The molecule has 2 aliphatic rings. The summed E-state index contributed by atoms with van der Waals surface area (Å²) in [7, 11) is 1.40. The minimum absolute atomic E-state index is 0.0247. The van der Waals surface area contributed by atoms with Gasteiger partial charge in [-0.1, -0.05) is 0 Å². The molecule has 1 heterocycles. The lowest BCUT2D eigenvalue weighted by Gasteiger charge is -2.40. The highest BCUT2D eigenvalue weighted by atomic mass is 16.5. The molecule has 2 rings (SSSR count). The summed E-state index contributed by atoms with van der Waals surface area (Å²) < 4.78 is 10.5. The smallest absolute Gasteiger partial charge is 0.325 e. The normalized spacial score (nSPS) is 40.7. The number of ether oxygens (including phenoxy) is 2. The Bertz CT molecular complexity index is 249. The van der Waals surface area contributed by atoms with Crippen LogP contribution in [0.25, 0.3) is 0 Å². The Hall–Kier alpha value is -0.610. The van der Waals surface area contributed by atoms with E-state index >= 15 is 0 Å². The van der Waals surface area contributed by atoms with Gasteiger partial charge in [-0.3, -0.25) is 4.79 Å². The van der Waals surface area contributed by atoms with Gasteiger partial charge in [0.1, 0.15) is 5.54 Å². The van der Waals surface area contributed by atoms with Crippen molar-refractivity contribution in [3.63, 3.8) is 0 Å². The molecule has 0 amide bonds. The van der Waals surface area contributed by atoms with Crippen LogP contribution in [0.3, 0.4) is 0 Å². The number of carbonyl (C=O) groups is 1. The van der Waals surface area contributed by atoms with Crippen molar-refractivity contribution in [3.05, 3.63) is 0 Å². The molecule has 4 nitrogen and oxygen atoms in total. The molecular weight excluding hydrogens is 194 g/mol. The van der Waals surface area contributed by atoms with E-state index in [1.165, 1.54) is 7.11 Å². The Balaban J connectivity index is 1.99. The van der Waals surface area contributed by atoms with Crippen molar-refractivity contribution in [3.8, 4) is 0 Å². The number of rotatable bonds is 1. The van der Waals surface area contributed by atoms with Crippen molar-refractivity contribution in [1.29, 1.82) is 0 Å². The Labute approximate surface area is 90.1 Å². The molecule has 0 atom stereocenters.